The summed E-state index contributed by atoms with van der Waals surface area (Å²) in [6.07, 6.45) is 0.405. The molecule has 0 saturated carbocycles. The second-order valence-electron chi connectivity index (χ2n) is 8.56. The van der Waals surface area contributed by atoms with E-state index in [4.69, 9.17) is 0 Å². The number of anilines is 2. The molecule has 1 amide bonds. The van der Waals surface area contributed by atoms with Crippen LogP contribution in [0.5, 0.6) is 0 Å². The Morgan fingerprint density at radius 3 is 2.56 bits per heavy atom. The van der Waals surface area contributed by atoms with Gasteiger partial charge in [-0.25, -0.2) is 28.1 Å². The highest BCUT2D eigenvalue weighted by atomic mass is 19.3. The molecular weight excluding hydrogens is 445 g/mol. The largest absolute Gasteiger partial charge is 0.363 e. The molecule has 0 spiro atoms. The predicted octanol–water partition coefficient (Wildman–Crippen LogP) is 4.69. The Balaban J connectivity index is 1.61. The van der Waals surface area contributed by atoms with Gasteiger partial charge in [0, 0.05) is 37.0 Å². The van der Waals surface area contributed by atoms with E-state index in [0.29, 0.717) is 22.5 Å². The molecule has 1 fully saturated rings. The Labute approximate surface area is 195 Å². The van der Waals surface area contributed by atoms with Gasteiger partial charge in [0.1, 0.15) is 23.3 Å². The van der Waals surface area contributed by atoms with Crippen molar-refractivity contribution in [3.05, 3.63) is 53.2 Å². The SMILES string of the molecule is CC(=O)NC1CCN(c2cc3c(NC(C)c4cccc(C(F)F)c4F)nc(C)nc3cn2)CC1. The number of benzene rings is 1. The molecule has 4 rings (SSSR count). The molecule has 1 aliphatic heterocycles. The van der Waals surface area contributed by atoms with Crippen molar-refractivity contribution < 1.29 is 18.0 Å². The molecule has 2 aromatic heterocycles. The third-order valence-electron chi connectivity index (χ3n) is 6.02. The zero-order chi connectivity index (χ0) is 24.4. The van der Waals surface area contributed by atoms with E-state index in [9.17, 15) is 18.0 Å². The number of carbonyl (C=O) groups excluding carboxylic acids is 1. The number of pyridine rings is 1. The predicted molar refractivity (Wildman–Crippen MR) is 125 cm³/mol. The van der Waals surface area contributed by atoms with E-state index < -0.39 is 23.8 Å². The fraction of sp³-hybridized carbons (Fsp3) is 0.417. The summed E-state index contributed by atoms with van der Waals surface area (Å²) in [6.45, 7) is 6.44. The molecule has 1 unspecified atom stereocenters. The molecule has 1 aromatic carbocycles. The summed E-state index contributed by atoms with van der Waals surface area (Å²) in [7, 11) is 0. The van der Waals surface area contributed by atoms with Crippen molar-refractivity contribution in [3.8, 4) is 0 Å². The van der Waals surface area contributed by atoms with Gasteiger partial charge < -0.3 is 15.5 Å². The Morgan fingerprint density at radius 1 is 1.18 bits per heavy atom. The molecule has 0 radical (unpaired) electrons. The molecule has 2 N–H and O–H groups in total. The molecule has 34 heavy (non-hydrogen) atoms. The molecule has 3 aromatic rings. The number of alkyl halides is 2. The highest BCUT2D eigenvalue weighted by Crippen LogP contribution is 2.31. The number of hydrogen-bond acceptors (Lipinski definition) is 6. The third kappa shape index (κ3) is 5.05. The number of aromatic nitrogens is 3. The van der Waals surface area contributed by atoms with E-state index in [1.165, 1.54) is 19.1 Å². The van der Waals surface area contributed by atoms with Gasteiger partial charge in [-0.15, -0.1) is 0 Å². The molecule has 180 valence electrons. The van der Waals surface area contributed by atoms with Gasteiger partial charge in [0.15, 0.2) is 0 Å². The molecule has 10 heteroatoms. The molecule has 3 heterocycles. The average molecular weight is 473 g/mol. The summed E-state index contributed by atoms with van der Waals surface area (Å²) in [5.41, 5.74) is 0.140. The first kappa shape index (κ1) is 23.7. The van der Waals surface area contributed by atoms with Gasteiger partial charge in [0.2, 0.25) is 5.91 Å². The van der Waals surface area contributed by atoms with Crippen molar-refractivity contribution in [2.45, 2.75) is 52.1 Å². The van der Waals surface area contributed by atoms with Crippen molar-refractivity contribution in [2.75, 3.05) is 23.3 Å². The normalized spacial score (nSPS) is 15.6. The smallest absolute Gasteiger partial charge is 0.266 e. The van der Waals surface area contributed by atoms with Gasteiger partial charge in [0.25, 0.3) is 6.43 Å². The molecule has 1 atom stereocenters. The summed E-state index contributed by atoms with van der Waals surface area (Å²) < 4.78 is 41.0. The number of rotatable bonds is 6. The number of nitrogens with zero attached hydrogens (tertiary/aromatic N) is 4. The van der Waals surface area contributed by atoms with E-state index in [2.05, 4.69) is 30.5 Å². The number of amides is 1. The monoisotopic (exact) mass is 472 g/mol. The van der Waals surface area contributed by atoms with Crippen LogP contribution in [0.15, 0.2) is 30.5 Å². The molecule has 0 bridgehead atoms. The van der Waals surface area contributed by atoms with Crippen molar-refractivity contribution in [2.24, 2.45) is 0 Å². The first-order chi connectivity index (χ1) is 16.2. The van der Waals surface area contributed by atoms with E-state index in [0.717, 1.165) is 37.8 Å². The fourth-order valence-corrected chi connectivity index (χ4v) is 4.31. The Bertz CT molecular complexity index is 1200. The van der Waals surface area contributed by atoms with Gasteiger partial charge in [0.05, 0.1) is 23.3 Å². The maximum atomic E-state index is 14.7. The van der Waals surface area contributed by atoms with E-state index in [-0.39, 0.29) is 17.5 Å². The maximum absolute atomic E-state index is 14.7. The summed E-state index contributed by atoms with van der Waals surface area (Å²) in [6, 6.07) is 5.43. The highest BCUT2D eigenvalue weighted by Gasteiger charge is 2.23. The van der Waals surface area contributed by atoms with Gasteiger partial charge >= 0.3 is 0 Å². The summed E-state index contributed by atoms with van der Waals surface area (Å²) >= 11 is 0. The first-order valence-corrected chi connectivity index (χ1v) is 11.2. The first-order valence-electron chi connectivity index (χ1n) is 11.2. The standard InChI is InChI=1S/C24H27F3N6O/c1-13(17-5-4-6-18(22(17)25)23(26)27)29-24-19-11-21(28-12-20(19)30-14(2)31-24)33-9-7-16(8-10-33)32-15(3)34/h4-6,11-13,16,23H,7-10H2,1-3H3,(H,32,34)(H,29,30,31). The zero-order valence-corrected chi connectivity index (χ0v) is 19.3. The lowest BCUT2D eigenvalue weighted by atomic mass is 10.0. The van der Waals surface area contributed by atoms with Gasteiger partial charge in [-0.1, -0.05) is 18.2 Å². The number of halogens is 3. The van der Waals surface area contributed by atoms with Crippen LogP contribution in [0.25, 0.3) is 10.9 Å². The van der Waals surface area contributed by atoms with Crippen molar-refractivity contribution in [1.82, 2.24) is 20.3 Å². The average Bonchev–Trinajstić information content (AvgIpc) is 2.79. The molecule has 1 aliphatic rings. The molecule has 7 nitrogen and oxygen atoms in total. The lowest BCUT2D eigenvalue weighted by Crippen LogP contribution is -2.44. The minimum Gasteiger partial charge on any atom is -0.363 e. The second kappa shape index (κ2) is 9.82. The Kier molecular flexibility index (Phi) is 6.85. The van der Waals surface area contributed by atoms with E-state index in [1.807, 2.05) is 6.07 Å². The zero-order valence-electron chi connectivity index (χ0n) is 19.3. The fourth-order valence-electron chi connectivity index (χ4n) is 4.31. The lowest BCUT2D eigenvalue weighted by Gasteiger charge is -2.33. The summed E-state index contributed by atoms with van der Waals surface area (Å²) in [5, 5.41) is 6.84. The molecular formula is C24H27F3N6O. The van der Waals surface area contributed by atoms with Crippen LogP contribution in [-0.4, -0.2) is 40.0 Å². The number of aryl methyl sites for hydroxylation is 1. The quantitative estimate of drug-likeness (QED) is 0.542. The Morgan fingerprint density at radius 2 is 1.88 bits per heavy atom. The molecule has 1 saturated heterocycles. The number of piperidine rings is 1. The van der Waals surface area contributed by atoms with Gasteiger partial charge in [-0.3, -0.25) is 4.79 Å². The van der Waals surface area contributed by atoms with Crippen molar-refractivity contribution >= 4 is 28.4 Å². The van der Waals surface area contributed by atoms with Gasteiger partial charge in [-0.05, 0) is 32.8 Å². The van der Waals surface area contributed by atoms with Crippen molar-refractivity contribution in [1.29, 1.82) is 0 Å². The van der Waals surface area contributed by atoms with Crippen LogP contribution in [0.2, 0.25) is 0 Å². The second-order valence-corrected chi connectivity index (χ2v) is 8.56. The van der Waals surface area contributed by atoms with Crippen LogP contribution in [0.1, 0.15) is 56.1 Å². The van der Waals surface area contributed by atoms with Gasteiger partial charge in [-0.2, -0.15) is 0 Å². The maximum Gasteiger partial charge on any atom is 0.266 e. The van der Waals surface area contributed by atoms with Crippen LogP contribution in [0.3, 0.4) is 0 Å². The summed E-state index contributed by atoms with van der Waals surface area (Å²) in [5.74, 6) is 0.790. The summed E-state index contributed by atoms with van der Waals surface area (Å²) in [4.78, 5) is 27.0. The third-order valence-corrected chi connectivity index (χ3v) is 6.02. The topological polar surface area (TPSA) is 83.0 Å². The number of fused-ring (bicyclic) bond motifs is 1. The minimum atomic E-state index is -2.89. The van der Waals surface area contributed by atoms with E-state index >= 15 is 0 Å². The Hall–Kier alpha value is -3.43. The number of carbonyl (C=O) groups is 1. The van der Waals surface area contributed by atoms with Crippen molar-refractivity contribution in [3.63, 3.8) is 0 Å². The number of hydrogen-bond donors (Lipinski definition) is 2. The van der Waals surface area contributed by atoms with Crippen LogP contribution >= 0.6 is 0 Å². The van der Waals surface area contributed by atoms with E-state index in [1.54, 1.807) is 20.0 Å². The van der Waals surface area contributed by atoms with Crippen LogP contribution in [-0.2, 0) is 4.79 Å². The minimum absolute atomic E-state index is 0.0323. The van der Waals surface area contributed by atoms with Crippen LogP contribution in [0, 0.1) is 12.7 Å². The van der Waals surface area contributed by atoms with Crippen LogP contribution < -0.4 is 15.5 Å². The van der Waals surface area contributed by atoms with Crippen LogP contribution in [0.4, 0.5) is 24.8 Å². The lowest BCUT2D eigenvalue weighted by molar-refractivity contribution is -0.119. The highest BCUT2D eigenvalue weighted by molar-refractivity contribution is 5.90. The number of nitrogens with one attached hydrogen (secondary N) is 2. The molecule has 0 aliphatic carbocycles.